The van der Waals surface area contributed by atoms with E-state index in [-0.39, 0.29) is 36.2 Å². The molecule has 2 N–H and O–H groups in total. The highest BCUT2D eigenvalue weighted by Crippen LogP contribution is 2.41. The number of nitrogens with zero attached hydrogens (tertiary/aromatic N) is 4. The van der Waals surface area contributed by atoms with Crippen molar-refractivity contribution in [1.82, 2.24) is 14.9 Å². The maximum Gasteiger partial charge on any atom is 0.270 e. The lowest BCUT2D eigenvalue weighted by Gasteiger charge is -2.53. The fourth-order valence-corrected chi connectivity index (χ4v) is 6.18. The molecule has 3 aliphatic heterocycles. The Morgan fingerprint density at radius 1 is 1.18 bits per heavy atom. The number of carbonyl (C=O) groups excluding carboxylic acids is 1. The average Bonchev–Trinajstić information content (AvgIpc) is 2.89. The van der Waals surface area contributed by atoms with Crippen molar-refractivity contribution >= 4 is 29.0 Å². The Morgan fingerprint density at radius 2 is 2.00 bits per heavy atom. The molecule has 0 radical (unpaired) electrons. The third-order valence-electron chi connectivity index (χ3n) is 8.35. The fraction of sp³-hybridized carbons (Fsp3) is 0.607. The van der Waals surface area contributed by atoms with Crippen molar-refractivity contribution in [3.05, 3.63) is 30.2 Å². The predicted molar refractivity (Wildman–Crippen MR) is 144 cm³/mol. The quantitative estimate of drug-likeness (QED) is 0.482. The maximum atomic E-state index is 14.7. The van der Waals surface area contributed by atoms with Crippen molar-refractivity contribution in [3.63, 3.8) is 0 Å². The van der Waals surface area contributed by atoms with Crippen molar-refractivity contribution in [2.75, 3.05) is 48.4 Å². The molecule has 1 amide bonds. The number of piperidine rings is 2. The molecule has 38 heavy (non-hydrogen) atoms. The van der Waals surface area contributed by atoms with Gasteiger partial charge in [-0.3, -0.25) is 14.1 Å². The Balaban J connectivity index is 1.30. The van der Waals surface area contributed by atoms with Gasteiger partial charge in [-0.25, -0.2) is 9.37 Å². The molecule has 4 heterocycles. The smallest absolute Gasteiger partial charge is 0.270 e. The molecule has 10 heteroatoms. The summed E-state index contributed by atoms with van der Waals surface area (Å²) in [7, 11) is 0. The molecule has 0 bridgehead atoms. The third-order valence-corrected chi connectivity index (χ3v) is 8.35. The van der Waals surface area contributed by atoms with Crippen LogP contribution < -0.4 is 20.3 Å². The summed E-state index contributed by atoms with van der Waals surface area (Å²) in [4.78, 5) is 25.6. The summed E-state index contributed by atoms with van der Waals surface area (Å²) in [6.07, 6.45) is 7.36. The second kappa shape index (κ2) is 10.6. The highest BCUT2D eigenvalue weighted by atomic mass is 19.1. The molecule has 0 aliphatic carbocycles. The van der Waals surface area contributed by atoms with Crippen LogP contribution >= 0.6 is 0 Å². The van der Waals surface area contributed by atoms with E-state index in [2.05, 4.69) is 32.4 Å². The van der Waals surface area contributed by atoms with Crippen LogP contribution in [0.1, 0.15) is 59.3 Å². The molecule has 2 fully saturated rings. The van der Waals surface area contributed by atoms with Crippen LogP contribution in [-0.2, 0) is 4.79 Å². The van der Waals surface area contributed by atoms with Crippen molar-refractivity contribution < 1.29 is 18.3 Å². The van der Waals surface area contributed by atoms with Gasteiger partial charge in [0.05, 0.1) is 18.6 Å². The zero-order valence-electron chi connectivity index (χ0n) is 22.5. The van der Waals surface area contributed by atoms with Gasteiger partial charge >= 0.3 is 0 Å². The van der Waals surface area contributed by atoms with Crippen molar-refractivity contribution in [3.8, 4) is 5.75 Å². The zero-order chi connectivity index (χ0) is 26.9. The summed E-state index contributed by atoms with van der Waals surface area (Å²) < 4.78 is 33.5. The van der Waals surface area contributed by atoms with E-state index in [1.807, 2.05) is 0 Å². The Bertz CT molecular complexity index is 1180. The van der Waals surface area contributed by atoms with Gasteiger partial charge in [0.15, 0.2) is 17.2 Å². The molecule has 1 aromatic heterocycles. The number of nitrogens with one attached hydrogen (secondary N) is 2. The highest BCUT2D eigenvalue weighted by Gasteiger charge is 2.43. The van der Waals surface area contributed by atoms with Crippen molar-refractivity contribution in [1.29, 1.82) is 0 Å². The Labute approximate surface area is 223 Å². The van der Waals surface area contributed by atoms with Crippen LogP contribution in [0.3, 0.4) is 0 Å². The van der Waals surface area contributed by atoms with Gasteiger partial charge in [0.1, 0.15) is 5.75 Å². The van der Waals surface area contributed by atoms with Crippen LogP contribution in [0.5, 0.6) is 5.75 Å². The highest BCUT2D eigenvalue weighted by molar-refractivity contribution is 6.02. The summed E-state index contributed by atoms with van der Waals surface area (Å²) in [6.45, 7) is 8.46. The number of halogens is 2. The summed E-state index contributed by atoms with van der Waals surface area (Å²) in [6, 6.07) is 5.29. The SMILES string of the molecule is CC1(C)Oc2cc(Nc3ncc(F)c(NC[C@@H]4CCCN5CCCC[C@]45C)n3)ccc2N(CCCF)C1=O. The normalized spacial score (nSPS) is 24.8. The number of benzene rings is 1. The first-order chi connectivity index (χ1) is 18.2. The number of fused-ring (bicyclic) bond motifs is 2. The number of amides is 1. The van der Waals surface area contributed by atoms with Gasteiger partial charge < -0.3 is 20.3 Å². The maximum absolute atomic E-state index is 14.7. The van der Waals surface area contributed by atoms with Gasteiger partial charge in [-0.1, -0.05) is 6.42 Å². The number of alkyl halides is 1. The van der Waals surface area contributed by atoms with E-state index in [0.717, 1.165) is 25.9 Å². The number of rotatable bonds is 8. The number of carbonyl (C=O) groups is 1. The molecule has 2 aromatic rings. The molecular formula is C28H38F2N6O2. The van der Waals surface area contributed by atoms with Gasteiger partial charge in [-0.15, -0.1) is 0 Å². The number of hydrogen-bond donors (Lipinski definition) is 2. The standard InChI is InChI=1S/C28H38F2N6O2/c1-27(2)25(37)36(15-7-12-29)22-10-9-20(16-23(22)38-27)33-26-32-18-21(30)24(34-26)31-17-19-8-6-14-35-13-5-4-11-28(19,35)3/h9-10,16,18-19H,4-8,11-15,17H2,1-3H3,(H2,31,32,33,34)/t19-,28+/m0/s1. The summed E-state index contributed by atoms with van der Waals surface area (Å²) in [5.74, 6) is 0.656. The molecule has 2 saturated heterocycles. The fourth-order valence-electron chi connectivity index (χ4n) is 6.18. The second-order valence-electron chi connectivity index (χ2n) is 11.3. The summed E-state index contributed by atoms with van der Waals surface area (Å²) >= 11 is 0. The van der Waals surface area contributed by atoms with Crippen LogP contribution in [0.2, 0.25) is 0 Å². The number of anilines is 4. The lowest BCUT2D eigenvalue weighted by atomic mass is 9.72. The van der Waals surface area contributed by atoms with Crippen LogP contribution in [0.15, 0.2) is 24.4 Å². The minimum absolute atomic E-state index is 0.143. The van der Waals surface area contributed by atoms with E-state index >= 15 is 0 Å². The molecule has 0 saturated carbocycles. The average molecular weight is 529 g/mol. The van der Waals surface area contributed by atoms with Gasteiger partial charge in [-0.2, -0.15) is 4.98 Å². The molecule has 5 rings (SSSR count). The predicted octanol–water partition coefficient (Wildman–Crippen LogP) is 5.29. The topological polar surface area (TPSA) is 82.6 Å². The molecule has 1 aromatic carbocycles. The van der Waals surface area contributed by atoms with Gasteiger partial charge in [0.25, 0.3) is 5.91 Å². The minimum Gasteiger partial charge on any atom is -0.476 e. The largest absolute Gasteiger partial charge is 0.476 e. The monoisotopic (exact) mass is 528 g/mol. The molecule has 0 spiro atoms. The number of hydrogen-bond acceptors (Lipinski definition) is 7. The van der Waals surface area contributed by atoms with E-state index in [4.69, 9.17) is 4.74 Å². The van der Waals surface area contributed by atoms with Gasteiger partial charge in [-0.05, 0) is 84.0 Å². The van der Waals surface area contributed by atoms with Crippen molar-refractivity contribution in [2.24, 2.45) is 5.92 Å². The van der Waals surface area contributed by atoms with E-state index in [1.165, 1.54) is 25.5 Å². The van der Waals surface area contributed by atoms with E-state index < -0.39 is 18.1 Å². The molecule has 206 valence electrons. The Morgan fingerprint density at radius 3 is 2.82 bits per heavy atom. The molecule has 2 atom stereocenters. The first-order valence-corrected chi connectivity index (χ1v) is 13.7. The van der Waals surface area contributed by atoms with Gasteiger partial charge in [0, 0.05) is 30.4 Å². The molecule has 8 nitrogen and oxygen atoms in total. The van der Waals surface area contributed by atoms with Crippen molar-refractivity contribution in [2.45, 2.75) is 70.4 Å². The van der Waals surface area contributed by atoms with E-state index in [1.54, 1.807) is 36.9 Å². The Hall–Kier alpha value is -3.01. The van der Waals surface area contributed by atoms with Crippen LogP contribution in [0.4, 0.5) is 31.9 Å². The van der Waals surface area contributed by atoms with Crippen LogP contribution in [0, 0.1) is 11.7 Å². The van der Waals surface area contributed by atoms with Crippen LogP contribution in [0.25, 0.3) is 0 Å². The third kappa shape index (κ3) is 5.15. The Kier molecular flexibility index (Phi) is 7.44. The summed E-state index contributed by atoms with van der Waals surface area (Å²) in [5.41, 5.74) is 0.294. The van der Waals surface area contributed by atoms with E-state index in [0.29, 0.717) is 29.6 Å². The molecule has 3 aliphatic rings. The van der Waals surface area contributed by atoms with Crippen LogP contribution in [-0.4, -0.2) is 64.8 Å². The van der Waals surface area contributed by atoms with Gasteiger partial charge in [0.2, 0.25) is 5.95 Å². The number of ether oxygens (including phenoxy) is 1. The lowest BCUT2D eigenvalue weighted by Crippen LogP contribution is -2.58. The first kappa shape index (κ1) is 26.6. The number of aromatic nitrogens is 2. The molecular weight excluding hydrogens is 490 g/mol. The zero-order valence-corrected chi connectivity index (χ0v) is 22.5. The molecule has 0 unspecified atom stereocenters. The van der Waals surface area contributed by atoms with E-state index in [9.17, 15) is 13.6 Å². The second-order valence-corrected chi connectivity index (χ2v) is 11.3. The lowest BCUT2D eigenvalue weighted by molar-refractivity contribution is -0.132. The first-order valence-electron chi connectivity index (χ1n) is 13.7. The summed E-state index contributed by atoms with van der Waals surface area (Å²) in [5, 5.41) is 6.39. The minimum atomic E-state index is -1.07.